The molecule has 0 atom stereocenters. The number of aromatic nitrogens is 1. The van der Waals surface area contributed by atoms with Crippen molar-refractivity contribution in [2.75, 3.05) is 19.5 Å². The van der Waals surface area contributed by atoms with Gasteiger partial charge in [0.05, 0.1) is 29.3 Å². The number of nitrogens with one attached hydrogen (secondary N) is 1. The van der Waals surface area contributed by atoms with Crippen LogP contribution in [0, 0.1) is 11.3 Å². The molecule has 1 heterocycles. The summed E-state index contributed by atoms with van der Waals surface area (Å²) >= 11 is 6.28. The number of hydrogen-bond donors (Lipinski definition) is 1. The van der Waals surface area contributed by atoms with Gasteiger partial charge in [0.25, 0.3) is 0 Å². The number of methoxy groups -OCH3 is 1. The summed E-state index contributed by atoms with van der Waals surface area (Å²) in [5.41, 5.74) is 4.59. The fraction of sp³-hybridized carbons (Fsp3) is 0.304. The molecular formula is C23H25ClN4O. The SMILES string of the molecule is COc1ccc(CNc2c(CN(C)C(C)C)cnc3ccc(C#N)cc23)cc1Cl. The standard InChI is InChI=1S/C23H25ClN4O/c1-15(2)28(3)14-18-13-26-21-7-5-16(11-25)9-19(21)23(18)27-12-17-6-8-22(29-4)20(24)10-17/h5-10,13,15H,12,14H2,1-4H3,(H,26,27). The van der Waals surface area contributed by atoms with Gasteiger partial charge in [0, 0.05) is 42.0 Å². The van der Waals surface area contributed by atoms with Gasteiger partial charge in [0.1, 0.15) is 5.75 Å². The first kappa shape index (κ1) is 20.9. The average molecular weight is 409 g/mol. The smallest absolute Gasteiger partial charge is 0.137 e. The summed E-state index contributed by atoms with van der Waals surface area (Å²) in [7, 11) is 3.69. The minimum atomic E-state index is 0.407. The average Bonchev–Trinajstić information content (AvgIpc) is 2.72. The number of ether oxygens (including phenoxy) is 1. The molecule has 0 aliphatic heterocycles. The van der Waals surface area contributed by atoms with Crippen molar-refractivity contribution in [2.24, 2.45) is 0 Å². The van der Waals surface area contributed by atoms with E-state index in [4.69, 9.17) is 16.3 Å². The van der Waals surface area contributed by atoms with Crippen molar-refractivity contribution in [3.05, 3.63) is 64.3 Å². The molecule has 0 bridgehead atoms. The Morgan fingerprint density at radius 1 is 1.24 bits per heavy atom. The van der Waals surface area contributed by atoms with Crippen molar-refractivity contribution in [2.45, 2.75) is 33.0 Å². The molecule has 0 unspecified atom stereocenters. The maximum atomic E-state index is 9.34. The molecule has 5 nitrogen and oxygen atoms in total. The molecular weight excluding hydrogens is 384 g/mol. The first-order valence-electron chi connectivity index (χ1n) is 9.51. The van der Waals surface area contributed by atoms with Crippen molar-refractivity contribution in [1.82, 2.24) is 9.88 Å². The van der Waals surface area contributed by atoms with Gasteiger partial charge in [-0.25, -0.2) is 0 Å². The van der Waals surface area contributed by atoms with Gasteiger partial charge in [-0.15, -0.1) is 0 Å². The van der Waals surface area contributed by atoms with E-state index in [9.17, 15) is 5.26 Å². The number of hydrogen-bond acceptors (Lipinski definition) is 5. The molecule has 29 heavy (non-hydrogen) atoms. The number of halogens is 1. The zero-order valence-electron chi connectivity index (χ0n) is 17.2. The number of anilines is 1. The fourth-order valence-electron chi connectivity index (χ4n) is 3.09. The Hall–Kier alpha value is -2.81. The fourth-order valence-corrected chi connectivity index (χ4v) is 3.37. The third-order valence-corrected chi connectivity index (χ3v) is 5.36. The number of pyridine rings is 1. The molecule has 6 heteroatoms. The molecule has 150 valence electrons. The molecule has 0 spiro atoms. The van der Waals surface area contributed by atoms with E-state index in [0.29, 0.717) is 28.9 Å². The lowest BCUT2D eigenvalue weighted by Crippen LogP contribution is -2.26. The number of rotatable bonds is 7. The van der Waals surface area contributed by atoms with Crippen molar-refractivity contribution >= 4 is 28.2 Å². The lowest BCUT2D eigenvalue weighted by molar-refractivity contribution is 0.266. The molecule has 0 radical (unpaired) electrons. The number of nitrogens with zero attached hydrogens (tertiary/aromatic N) is 3. The van der Waals surface area contributed by atoms with E-state index >= 15 is 0 Å². The van der Waals surface area contributed by atoms with Gasteiger partial charge in [0.2, 0.25) is 0 Å². The molecule has 0 saturated heterocycles. The summed E-state index contributed by atoms with van der Waals surface area (Å²) < 4.78 is 5.23. The molecule has 0 fully saturated rings. The zero-order valence-corrected chi connectivity index (χ0v) is 17.9. The highest BCUT2D eigenvalue weighted by Crippen LogP contribution is 2.30. The van der Waals surface area contributed by atoms with E-state index in [1.54, 1.807) is 13.2 Å². The highest BCUT2D eigenvalue weighted by molar-refractivity contribution is 6.32. The molecule has 1 aromatic heterocycles. The Balaban J connectivity index is 1.99. The lowest BCUT2D eigenvalue weighted by atomic mass is 10.1. The van der Waals surface area contributed by atoms with Gasteiger partial charge < -0.3 is 10.1 Å². The van der Waals surface area contributed by atoms with Crippen LogP contribution in [0.15, 0.2) is 42.6 Å². The van der Waals surface area contributed by atoms with Crippen LogP contribution in [0.4, 0.5) is 5.69 Å². The minimum Gasteiger partial charge on any atom is -0.495 e. The third kappa shape index (κ3) is 4.79. The van der Waals surface area contributed by atoms with E-state index in [-0.39, 0.29) is 0 Å². The van der Waals surface area contributed by atoms with Crippen LogP contribution in [0.1, 0.15) is 30.5 Å². The molecule has 3 rings (SSSR count). The Labute approximate surface area is 176 Å². The summed E-state index contributed by atoms with van der Waals surface area (Å²) in [5, 5.41) is 14.4. The molecule has 1 N–H and O–H groups in total. The monoisotopic (exact) mass is 408 g/mol. The lowest BCUT2D eigenvalue weighted by Gasteiger charge is -2.23. The van der Waals surface area contributed by atoms with Crippen LogP contribution in [0.2, 0.25) is 5.02 Å². The highest BCUT2D eigenvalue weighted by Gasteiger charge is 2.13. The van der Waals surface area contributed by atoms with Gasteiger partial charge in [-0.1, -0.05) is 17.7 Å². The zero-order chi connectivity index (χ0) is 21.0. The third-order valence-electron chi connectivity index (χ3n) is 5.06. The van der Waals surface area contributed by atoms with Crippen LogP contribution < -0.4 is 10.1 Å². The van der Waals surface area contributed by atoms with Crippen LogP contribution in [0.5, 0.6) is 5.75 Å². The molecule has 0 aliphatic rings. The second-order valence-corrected chi connectivity index (χ2v) is 7.74. The van der Waals surface area contributed by atoms with Crippen LogP contribution in [-0.2, 0) is 13.1 Å². The van der Waals surface area contributed by atoms with Crippen molar-refractivity contribution in [3.63, 3.8) is 0 Å². The first-order valence-corrected chi connectivity index (χ1v) is 9.89. The maximum Gasteiger partial charge on any atom is 0.137 e. The van der Waals surface area contributed by atoms with Crippen LogP contribution >= 0.6 is 11.6 Å². The Bertz CT molecular complexity index is 1060. The van der Waals surface area contributed by atoms with E-state index in [1.807, 2.05) is 36.5 Å². The summed E-state index contributed by atoms with van der Waals surface area (Å²) in [6, 6.07) is 14.0. The second kappa shape index (κ2) is 9.13. The normalized spacial score (nSPS) is 11.1. The van der Waals surface area contributed by atoms with E-state index in [2.05, 4.69) is 42.2 Å². The van der Waals surface area contributed by atoms with Gasteiger partial charge in [-0.3, -0.25) is 9.88 Å². The van der Waals surface area contributed by atoms with Gasteiger partial charge >= 0.3 is 0 Å². The topological polar surface area (TPSA) is 61.2 Å². The van der Waals surface area contributed by atoms with Gasteiger partial charge in [-0.2, -0.15) is 5.26 Å². The van der Waals surface area contributed by atoms with Gasteiger partial charge in [0.15, 0.2) is 0 Å². The summed E-state index contributed by atoms with van der Waals surface area (Å²) in [5.74, 6) is 0.655. The highest BCUT2D eigenvalue weighted by atomic mass is 35.5. The van der Waals surface area contributed by atoms with Crippen molar-refractivity contribution in [1.29, 1.82) is 5.26 Å². The molecule has 0 aliphatic carbocycles. The molecule has 2 aromatic carbocycles. The van der Waals surface area contributed by atoms with Crippen molar-refractivity contribution in [3.8, 4) is 11.8 Å². The van der Waals surface area contributed by atoms with Crippen LogP contribution in [0.25, 0.3) is 10.9 Å². The number of nitriles is 1. The summed E-state index contributed by atoms with van der Waals surface area (Å²) in [6.07, 6.45) is 1.91. The quantitative estimate of drug-likeness (QED) is 0.580. The maximum absolute atomic E-state index is 9.34. The minimum absolute atomic E-state index is 0.407. The summed E-state index contributed by atoms with van der Waals surface area (Å²) in [4.78, 5) is 6.86. The Kier molecular flexibility index (Phi) is 6.58. The van der Waals surface area contributed by atoms with Crippen LogP contribution in [-0.4, -0.2) is 30.1 Å². The molecule has 0 saturated carbocycles. The first-order chi connectivity index (χ1) is 13.9. The Morgan fingerprint density at radius 2 is 2.03 bits per heavy atom. The van der Waals surface area contributed by atoms with E-state index in [0.717, 1.165) is 34.3 Å². The largest absolute Gasteiger partial charge is 0.495 e. The molecule has 3 aromatic rings. The summed E-state index contributed by atoms with van der Waals surface area (Å²) in [6.45, 7) is 5.67. The van der Waals surface area contributed by atoms with Crippen molar-refractivity contribution < 1.29 is 4.74 Å². The molecule has 0 amide bonds. The predicted octanol–water partition coefficient (Wildman–Crippen LogP) is 5.22. The van der Waals surface area contributed by atoms with Gasteiger partial charge in [-0.05, 0) is 56.8 Å². The second-order valence-electron chi connectivity index (χ2n) is 7.33. The van der Waals surface area contributed by atoms with Crippen LogP contribution in [0.3, 0.4) is 0 Å². The predicted molar refractivity (Wildman–Crippen MR) is 118 cm³/mol. The Morgan fingerprint density at radius 3 is 2.69 bits per heavy atom. The number of fused-ring (bicyclic) bond motifs is 1. The van der Waals surface area contributed by atoms with E-state index in [1.165, 1.54) is 0 Å². The number of benzene rings is 2. The van der Waals surface area contributed by atoms with E-state index < -0.39 is 0 Å².